The van der Waals surface area contributed by atoms with Gasteiger partial charge in [-0.25, -0.2) is 0 Å². The molecule has 15 heavy (non-hydrogen) atoms. The minimum absolute atomic E-state index is 0.347. The Labute approximate surface area is 96.1 Å². The summed E-state index contributed by atoms with van der Waals surface area (Å²) in [4.78, 5) is 0. The molecule has 0 heterocycles. The van der Waals surface area contributed by atoms with Crippen LogP contribution in [0.15, 0.2) is 30.9 Å². The molecule has 0 radical (unpaired) electrons. The lowest BCUT2D eigenvalue weighted by Crippen LogP contribution is -2.27. The van der Waals surface area contributed by atoms with Crippen molar-refractivity contribution in [2.75, 3.05) is 0 Å². The van der Waals surface area contributed by atoms with E-state index in [9.17, 15) is 0 Å². The van der Waals surface area contributed by atoms with Gasteiger partial charge in [-0.2, -0.15) is 0 Å². The summed E-state index contributed by atoms with van der Waals surface area (Å²) < 4.78 is 0. The molecule has 2 atom stereocenters. The van der Waals surface area contributed by atoms with Gasteiger partial charge in [0.15, 0.2) is 0 Å². The highest BCUT2D eigenvalue weighted by atomic mass is 35.5. The third kappa shape index (κ3) is 2.24. The zero-order valence-electron chi connectivity index (χ0n) is 8.96. The van der Waals surface area contributed by atoms with E-state index in [1.165, 1.54) is 11.1 Å². The molecule has 1 aromatic carbocycles. The monoisotopic (exact) mass is 221 g/mol. The van der Waals surface area contributed by atoms with Crippen LogP contribution in [0, 0.1) is 0 Å². The molecule has 0 aromatic heterocycles. The van der Waals surface area contributed by atoms with Crippen molar-refractivity contribution in [2.24, 2.45) is 0 Å². The van der Waals surface area contributed by atoms with Gasteiger partial charge in [-0.3, -0.25) is 0 Å². The molecule has 1 nitrogen and oxygen atoms in total. The zero-order valence-corrected chi connectivity index (χ0v) is 9.72. The highest BCUT2D eigenvalue weighted by Crippen LogP contribution is 2.33. The Morgan fingerprint density at radius 2 is 2.40 bits per heavy atom. The fraction of sp³-hybridized carbons (Fsp3) is 0.385. The molecule has 2 rings (SSSR count). The minimum atomic E-state index is 0.347. The minimum Gasteiger partial charge on any atom is -0.304 e. The molecule has 0 saturated heterocycles. The van der Waals surface area contributed by atoms with E-state index in [4.69, 9.17) is 11.6 Å². The topological polar surface area (TPSA) is 12.0 Å². The molecule has 0 spiro atoms. The number of hydrogen-bond acceptors (Lipinski definition) is 1. The highest BCUT2D eigenvalue weighted by molar-refractivity contribution is 6.30. The molecule has 0 fully saturated rings. The molecule has 0 bridgehead atoms. The molecular weight excluding hydrogens is 206 g/mol. The van der Waals surface area contributed by atoms with Crippen LogP contribution in [0.4, 0.5) is 0 Å². The van der Waals surface area contributed by atoms with E-state index in [1.54, 1.807) is 0 Å². The zero-order chi connectivity index (χ0) is 10.8. The normalized spacial score (nSPS) is 21.1. The van der Waals surface area contributed by atoms with E-state index in [0.29, 0.717) is 12.1 Å². The second-order valence-electron chi connectivity index (χ2n) is 4.13. The Hall–Kier alpha value is -0.790. The predicted octanol–water partition coefficient (Wildman–Crippen LogP) is 3.49. The van der Waals surface area contributed by atoms with Gasteiger partial charge >= 0.3 is 0 Å². The third-order valence-corrected chi connectivity index (χ3v) is 3.24. The van der Waals surface area contributed by atoms with Gasteiger partial charge in [-0.1, -0.05) is 23.7 Å². The summed E-state index contributed by atoms with van der Waals surface area (Å²) >= 11 is 6.01. The van der Waals surface area contributed by atoms with Gasteiger partial charge < -0.3 is 5.32 Å². The summed E-state index contributed by atoms with van der Waals surface area (Å²) in [6.07, 6.45) is 4.24. The Bertz CT molecular complexity index is 373. The molecule has 0 amide bonds. The molecule has 1 aliphatic rings. The SMILES string of the molecule is C=CC(C)NC1CCc2ccc(Cl)cc21. The van der Waals surface area contributed by atoms with Crippen molar-refractivity contribution in [3.63, 3.8) is 0 Å². The van der Waals surface area contributed by atoms with E-state index >= 15 is 0 Å². The second kappa shape index (κ2) is 4.38. The van der Waals surface area contributed by atoms with Crippen LogP contribution in [-0.4, -0.2) is 6.04 Å². The van der Waals surface area contributed by atoms with Crippen LogP contribution in [0.2, 0.25) is 5.02 Å². The number of hydrogen-bond donors (Lipinski definition) is 1. The standard InChI is InChI=1S/C13H16ClN/c1-3-9(2)15-13-7-5-10-4-6-11(14)8-12(10)13/h3-4,6,8-9,13,15H,1,5,7H2,2H3. The molecule has 1 aromatic rings. The van der Waals surface area contributed by atoms with Crippen molar-refractivity contribution >= 4 is 11.6 Å². The van der Waals surface area contributed by atoms with Gasteiger partial charge in [-0.15, -0.1) is 6.58 Å². The molecule has 2 heteroatoms. The van der Waals surface area contributed by atoms with Crippen LogP contribution in [0.1, 0.15) is 30.5 Å². The summed E-state index contributed by atoms with van der Waals surface area (Å²) in [5.41, 5.74) is 2.78. The number of aryl methyl sites for hydroxylation is 1. The number of halogens is 1. The third-order valence-electron chi connectivity index (χ3n) is 3.00. The van der Waals surface area contributed by atoms with Crippen molar-refractivity contribution in [3.8, 4) is 0 Å². The summed E-state index contributed by atoms with van der Waals surface area (Å²) in [7, 11) is 0. The maximum atomic E-state index is 6.01. The van der Waals surface area contributed by atoms with Crippen LogP contribution in [0.25, 0.3) is 0 Å². The Morgan fingerprint density at radius 3 is 3.13 bits per heavy atom. The van der Waals surface area contributed by atoms with E-state index in [-0.39, 0.29) is 0 Å². The fourth-order valence-electron chi connectivity index (χ4n) is 2.13. The average molecular weight is 222 g/mol. The van der Waals surface area contributed by atoms with Gasteiger partial charge in [0.1, 0.15) is 0 Å². The summed E-state index contributed by atoms with van der Waals surface area (Å²) in [6.45, 7) is 5.91. The van der Waals surface area contributed by atoms with E-state index in [0.717, 1.165) is 17.9 Å². The smallest absolute Gasteiger partial charge is 0.0409 e. The van der Waals surface area contributed by atoms with E-state index in [2.05, 4.69) is 31.0 Å². The van der Waals surface area contributed by atoms with Gasteiger partial charge in [0, 0.05) is 17.1 Å². The van der Waals surface area contributed by atoms with Crippen LogP contribution >= 0.6 is 11.6 Å². The first-order valence-corrected chi connectivity index (χ1v) is 5.75. The van der Waals surface area contributed by atoms with Gasteiger partial charge in [0.25, 0.3) is 0 Å². The Balaban J connectivity index is 2.20. The fourth-order valence-corrected chi connectivity index (χ4v) is 2.31. The van der Waals surface area contributed by atoms with Crippen molar-refractivity contribution in [1.29, 1.82) is 0 Å². The summed E-state index contributed by atoms with van der Waals surface area (Å²) in [5, 5.41) is 4.36. The molecule has 1 N–H and O–H groups in total. The van der Waals surface area contributed by atoms with Crippen LogP contribution in [-0.2, 0) is 6.42 Å². The maximum Gasteiger partial charge on any atom is 0.0409 e. The number of rotatable bonds is 3. The highest BCUT2D eigenvalue weighted by Gasteiger charge is 2.22. The average Bonchev–Trinajstić information content (AvgIpc) is 2.61. The lowest BCUT2D eigenvalue weighted by Gasteiger charge is -2.17. The first-order chi connectivity index (χ1) is 7.20. The number of nitrogens with one attached hydrogen (secondary N) is 1. The van der Waals surface area contributed by atoms with Crippen LogP contribution < -0.4 is 5.32 Å². The maximum absolute atomic E-state index is 6.01. The number of benzene rings is 1. The molecule has 1 aliphatic carbocycles. The quantitative estimate of drug-likeness (QED) is 0.771. The first kappa shape index (κ1) is 10.7. The number of fused-ring (bicyclic) bond motifs is 1. The molecular formula is C13H16ClN. The van der Waals surface area contributed by atoms with E-state index in [1.807, 2.05) is 12.1 Å². The Kier molecular flexibility index (Phi) is 3.13. The largest absolute Gasteiger partial charge is 0.304 e. The van der Waals surface area contributed by atoms with Crippen molar-refractivity contribution < 1.29 is 0 Å². The molecule has 0 aliphatic heterocycles. The van der Waals surface area contributed by atoms with E-state index < -0.39 is 0 Å². The lowest BCUT2D eigenvalue weighted by atomic mass is 10.1. The first-order valence-electron chi connectivity index (χ1n) is 5.37. The van der Waals surface area contributed by atoms with Crippen LogP contribution in [0.3, 0.4) is 0 Å². The molecule has 0 saturated carbocycles. The summed E-state index contributed by atoms with van der Waals surface area (Å²) in [6, 6.07) is 6.97. The van der Waals surface area contributed by atoms with Crippen molar-refractivity contribution in [3.05, 3.63) is 47.0 Å². The molecule has 2 unspecified atom stereocenters. The Morgan fingerprint density at radius 1 is 1.60 bits per heavy atom. The van der Waals surface area contributed by atoms with Crippen LogP contribution in [0.5, 0.6) is 0 Å². The second-order valence-corrected chi connectivity index (χ2v) is 4.56. The van der Waals surface area contributed by atoms with Gasteiger partial charge in [0.05, 0.1) is 0 Å². The van der Waals surface area contributed by atoms with Gasteiger partial charge in [0.2, 0.25) is 0 Å². The van der Waals surface area contributed by atoms with Gasteiger partial charge in [-0.05, 0) is 43.0 Å². The summed E-state index contributed by atoms with van der Waals surface area (Å²) in [5.74, 6) is 0. The van der Waals surface area contributed by atoms with Crippen molar-refractivity contribution in [2.45, 2.75) is 31.8 Å². The predicted molar refractivity (Wildman–Crippen MR) is 65.3 cm³/mol. The molecule has 80 valence electrons. The lowest BCUT2D eigenvalue weighted by molar-refractivity contribution is 0.500. The van der Waals surface area contributed by atoms with Crippen molar-refractivity contribution in [1.82, 2.24) is 5.32 Å².